The quantitative estimate of drug-likeness (QED) is 0.877. The fraction of sp³-hybridized carbons (Fsp3) is 0.579. The summed E-state index contributed by atoms with van der Waals surface area (Å²) >= 11 is 0. The lowest BCUT2D eigenvalue weighted by atomic mass is 9.88. The van der Waals surface area contributed by atoms with Crippen molar-refractivity contribution in [3.63, 3.8) is 0 Å². The molecule has 1 saturated heterocycles. The predicted octanol–water partition coefficient (Wildman–Crippen LogP) is 2.04. The predicted molar refractivity (Wildman–Crippen MR) is 100 cm³/mol. The lowest BCUT2D eigenvalue weighted by Crippen LogP contribution is -2.42. The molecule has 0 spiro atoms. The first kappa shape index (κ1) is 17.3. The Hall–Kier alpha value is -2.15. The number of rotatable bonds is 3. The van der Waals surface area contributed by atoms with Crippen LogP contribution in [0.3, 0.4) is 0 Å². The molecule has 3 N–H and O–H groups in total. The Morgan fingerprint density at radius 1 is 1.27 bits per heavy atom. The minimum absolute atomic E-state index is 0.0909. The highest BCUT2D eigenvalue weighted by Crippen LogP contribution is 2.39. The van der Waals surface area contributed by atoms with Crippen molar-refractivity contribution in [3.8, 4) is 0 Å². The molecular weight excluding hydrogens is 335 g/mol. The molecule has 1 aliphatic carbocycles. The number of hydrogen-bond acceptors (Lipinski definition) is 4. The molecule has 26 heavy (non-hydrogen) atoms. The SMILES string of the molecule is Cc1c(N2CC[C@@H](C(C)(C)N)C2)c(F)cc2c(=O)[nH]c(=O)n(C3CC3)c12. The third kappa shape index (κ3) is 2.65. The summed E-state index contributed by atoms with van der Waals surface area (Å²) in [6, 6.07) is 1.36. The van der Waals surface area contributed by atoms with Crippen LogP contribution in [0.25, 0.3) is 10.9 Å². The van der Waals surface area contributed by atoms with Gasteiger partial charge in [0.2, 0.25) is 0 Å². The van der Waals surface area contributed by atoms with E-state index < -0.39 is 17.1 Å². The van der Waals surface area contributed by atoms with Crippen molar-refractivity contribution >= 4 is 16.6 Å². The van der Waals surface area contributed by atoms with Crippen LogP contribution in [0.4, 0.5) is 10.1 Å². The summed E-state index contributed by atoms with van der Waals surface area (Å²) < 4.78 is 16.6. The van der Waals surface area contributed by atoms with E-state index in [1.54, 1.807) is 11.5 Å². The lowest BCUT2D eigenvalue weighted by Gasteiger charge is -2.28. The second-order valence-corrected chi connectivity index (χ2v) is 8.34. The third-order valence-corrected chi connectivity index (χ3v) is 5.86. The molecule has 1 aromatic carbocycles. The van der Waals surface area contributed by atoms with Crippen LogP contribution >= 0.6 is 0 Å². The maximum Gasteiger partial charge on any atom is 0.329 e. The van der Waals surface area contributed by atoms with E-state index in [4.69, 9.17) is 5.73 Å². The lowest BCUT2D eigenvalue weighted by molar-refractivity contribution is 0.348. The molecule has 1 atom stereocenters. The molecule has 0 radical (unpaired) electrons. The maximum atomic E-state index is 15.0. The molecule has 2 fully saturated rings. The van der Waals surface area contributed by atoms with Gasteiger partial charge in [0.1, 0.15) is 5.82 Å². The zero-order valence-corrected chi connectivity index (χ0v) is 15.4. The minimum Gasteiger partial charge on any atom is -0.369 e. The van der Waals surface area contributed by atoms with Crippen molar-refractivity contribution in [2.24, 2.45) is 11.7 Å². The van der Waals surface area contributed by atoms with E-state index in [0.717, 1.165) is 19.3 Å². The number of aromatic nitrogens is 2. The number of nitrogens with two attached hydrogens (primary N) is 1. The van der Waals surface area contributed by atoms with Gasteiger partial charge in [-0.3, -0.25) is 14.3 Å². The molecule has 0 amide bonds. The van der Waals surface area contributed by atoms with Crippen LogP contribution < -0.4 is 21.9 Å². The van der Waals surface area contributed by atoms with Crippen LogP contribution in [-0.4, -0.2) is 28.2 Å². The second kappa shape index (κ2) is 5.67. The fourth-order valence-corrected chi connectivity index (χ4v) is 4.21. The van der Waals surface area contributed by atoms with Gasteiger partial charge in [-0.1, -0.05) is 0 Å². The Bertz CT molecular complexity index is 998. The number of nitrogens with one attached hydrogen (secondary N) is 1. The topological polar surface area (TPSA) is 84.1 Å². The Kier molecular flexibility index (Phi) is 3.77. The van der Waals surface area contributed by atoms with Gasteiger partial charge < -0.3 is 10.6 Å². The highest BCUT2D eigenvalue weighted by atomic mass is 19.1. The van der Waals surface area contributed by atoms with E-state index in [1.807, 2.05) is 18.7 Å². The van der Waals surface area contributed by atoms with Crippen molar-refractivity contribution < 1.29 is 4.39 Å². The van der Waals surface area contributed by atoms with Crippen LogP contribution in [0, 0.1) is 18.7 Å². The number of H-pyrrole nitrogens is 1. The van der Waals surface area contributed by atoms with Gasteiger partial charge in [-0.05, 0) is 52.0 Å². The van der Waals surface area contributed by atoms with Crippen molar-refractivity contribution in [1.29, 1.82) is 0 Å². The summed E-state index contributed by atoms with van der Waals surface area (Å²) in [6.07, 6.45) is 2.70. The molecule has 1 aliphatic heterocycles. The van der Waals surface area contributed by atoms with Crippen LogP contribution in [-0.2, 0) is 0 Å². The van der Waals surface area contributed by atoms with Gasteiger partial charge in [0.25, 0.3) is 5.56 Å². The van der Waals surface area contributed by atoms with Crippen LogP contribution in [0.5, 0.6) is 0 Å². The van der Waals surface area contributed by atoms with Gasteiger partial charge >= 0.3 is 5.69 Å². The average molecular weight is 360 g/mol. The number of nitrogens with zero attached hydrogens (tertiary/aromatic N) is 2. The molecule has 1 saturated carbocycles. The minimum atomic E-state index is -0.530. The Morgan fingerprint density at radius 3 is 2.54 bits per heavy atom. The molecule has 2 heterocycles. The Labute approximate surface area is 150 Å². The number of fused-ring (bicyclic) bond motifs is 1. The number of hydrogen-bond donors (Lipinski definition) is 2. The van der Waals surface area contributed by atoms with Crippen molar-refractivity contribution in [2.45, 2.75) is 51.6 Å². The van der Waals surface area contributed by atoms with Gasteiger partial charge in [-0.15, -0.1) is 0 Å². The zero-order chi connectivity index (χ0) is 18.8. The highest BCUT2D eigenvalue weighted by molar-refractivity contribution is 5.87. The first-order valence-electron chi connectivity index (χ1n) is 9.20. The van der Waals surface area contributed by atoms with E-state index in [0.29, 0.717) is 29.9 Å². The average Bonchev–Trinajstić information content (AvgIpc) is 3.24. The number of benzene rings is 1. The molecular formula is C19H25FN4O2. The highest BCUT2D eigenvalue weighted by Gasteiger charge is 2.35. The molecule has 0 bridgehead atoms. The molecule has 1 aromatic heterocycles. The van der Waals surface area contributed by atoms with Gasteiger partial charge in [-0.2, -0.15) is 0 Å². The molecule has 4 rings (SSSR count). The van der Waals surface area contributed by atoms with Crippen molar-refractivity contribution in [1.82, 2.24) is 9.55 Å². The van der Waals surface area contributed by atoms with Crippen LogP contribution in [0.1, 0.15) is 44.7 Å². The summed E-state index contributed by atoms with van der Waals surface area (Å²) in [4.78, 5) is 29.0. The summed E-state index contributed by atoms with van der Waals surface area (Å²) in [7, 11) is 0. The molecule has 7 heteroatoms. The molecule has 2 aromatic rings. The van der Waals surface area contributed by atoms with E-state index in [9.17, 15) is 14.0 Å². The summed E-state index contributed by atoms with van der Waals surface area (Å²) in [5.74, 6) is -0.154. The molecule has 2 aliphatic rings. The van der Waals surface area contributed by atoms with Crippen molar-refractivity contribution in [2.75, 3.05) is 18.0 Å². The van der Waals surface area contributed by atoms with Gasteiger partial charge in [0.05, 0.1) is 16.6 Å². The van der Waals surface area contributed by atoms with Gasteiger partial charge in [0, 0.05) is 30.2 Å². The first-order valence-corrected chi connectivity index (χ1v) is 9.20. The Morgan fingerprint density at radius 2 is 1.96 bits per heavy atom. The number of halogens is 1. The summed E-state index contributed by atoms with van der Waals surface area (Å²) in [5.41, 5.74) is 6.69. The van der Waals surface area contributed by atoms with Gasteiger partial charge in [0.15, 0.2) is 0 Å². The summed E-state index contributed by atoms with van der Waals surface area (Å²) in [6.45, 7) is 7.18. The smallest absolute Gasteiger partial charge is 0.329 e. The van der Waals surface area contributed by atoms with Gasteiger partial charge in [-0.25, -0.2) is 9.18 Å². The standard InChI is InChI=1S/C19H25FN4O2/c1-10-15-13(17(25)22-18(26)24(15)12-4-5-12)8-14(20)16(10)23-7-6-11(9-23)19(2,3)21/h8,11-12H,4-7,9,21H2,1-3H3,(H,22,25,26)/t11-/m1/s1. The zero-order valence-electron chi connectivity index (χ0n) is 15.4. The van der Waals surface area contributed by atoms with Crippen molar-refractivity contribution in [3.05, 3.63) is 38.3 Å². The van der Waals surface area contributed by atoms with Crippen LogP contribution in [0.15, 0.2) is 15.7 Å². The molecule has 0 unspecified atom stereocenters. The molecule has 140 valence electrons. The number of anilines is 1. The largest absolute Gasteiger partial charge is 0.369 e. The number of aromatic amines is 1. The third-order valence-electron chi connectivity index (χ3n) is 5.86. The maximum absolute atomic E-state index is 15.0. The summed E-state index contributed by atoms with van der Waals surface area (Å²) in [5, 5.41) is 0.241. The first-order chi connectivity index (χ1) is 12.2. The van der Waals surface area contributed by atoms with E-state index in [2.05, 4.69) is 4.98 Å². The van der Waals surface area contributed by atoms with Crippen LogP contribution in [0.2, 0.25) is 0 Å². The number of aryl methyl sites for hydroxylation is 1. The van der Waals surface area contributed by atoms with E-state index in [1.165, 1.54) is 6.07 Å². The monoisotopic (exact) mass is 360 g/mol. The second-order valence-electron chi connectivity index (χ2n) is 8.34. The van der Waals surface area contributed by atoms with E-state index in [-0.39, 0.29) is 22.9 Å². The fourth-order valence-electron chi connectivity index (χ4n) is 4.21. The van der Waals surface area contributed by atoms with E-state index >= 15 is 0 Å². The molecule has 6 nitrogen and oxygen atoms in total. The normalized spacial score (nSPS) is 21.0. The Balaban J connectivity index is 1.91.